The van der Waals surface area contributed by atoms with Crippen molar-refractivity contribution in [3.8, 4) is 5.75 Å². The summed E-state index contributed by atoms with van der Waals surface area (Å²) in [7, 11) is 1.67. The summed E-state index contributed by atoms with van der Waals surface area (Å²) >= 11 is 0. The number of ether oxygens (including phenoxy) is 2. The standard InChI is InChI=1S/C23H27N7O2/c1-14(2)30-15(3)26-17-6-5-16-12-25-23(28-21(16)22(17)30)27-20-11-19(31-4)18(13-24-20)29-7-9-32-10-8-29/h5-6,11-14H,7-10H2,1-4H3,(H,24,25,27,28). The van der Waals surface area contributed by atoms with Gasteiger partial charge in [-0.15, -0.1) is 0 Å². The number of anilines is 3. The van der Waals surface area contributed by atoms with Gasteiger partial charge in [0.2, 0.25) is 5.95 Å². The Kier molecular flexibility index (Phi) is 5.26. The van der Waals surface area contributed by atoms with Crippen molar-refractivity contribution in [1.29, 1.82) is 0 Å². The van der Waals surface area contributed by atoms with Crippen molar-refractivity contribution in [2.75, 3.05) is 43.6 Å². The van der Waals surface area contributed by atoms with E-state index in [1.807, 2.05) is 37.5 Å². The molecule has 166 valence electrons. The topological polar surface area (TPSA) is 90.2 Å². The summed E-state index contributed by atoms with van der Waals surface area (Å²) in [5, 5.41) is 4.21. The van der Waals surface area contributed by atoms with E-state index in [2.05, 4.69) is 38.6 Å². The molecule has 0 bridgehead atoms. The monoisotopic (exact) mass is 433 g/mol. The Morgan fingerprint density at radius 2 is 1.91 bits per heavy atom. The average molecular weight is 434 g/mol. The summed E-state index contributed by atoms with van der Waals surface area (Å²) in [4.78, 5) is 20.8. The summed E-state index contributed by atoms with van der Waals surface area (Å²) in [5.74, 6) is 2.83. The number of nitrogens with one attached hydrogen (secondary N) is 1. The van der Waals surface area contributed by atoms with Gasteiger partial charge in [0.25, 0.3) is 0 Å². The van der Waals surface area contributed by atoms with Crippen LogP contribution in [0.5, 0.6) is 5.75 Å². The zero-order chi connectivity index (χ0) is 22.2. The van der Waals surface area contributed by atoms with E-state index in [0.29, 0.717) is 25.0 Å². The van der Waals surface area contributed by atoms with Gasteiger partial charge in [0.15, 0.2) is 0 Å². The van der Waals surface area contributed by atoms with Gasteiger partial charge in [-0.1, -0.05) is 0 Å². The second-order valence-electron chi connectivity index (χ2n) is 8.15. The van der Waals surface area contributed by atoms with Crippen LogP contribution >= 0.6 is 0 Å². The van der Waals surface area contributed by atoms with Crippen molar-refractivity contribution in [3.63, 3.8) is 0 Å². The van der Waals surface area contributed by atoms with Crippen LogP contribution in [0, 0.1) is 6.92 Å². The maximum Gasteiger partial charge on any atom is 0.228 e. The number of aryl methyl sites for hydroxylation is 1. The summed E-state index contributed by atoms with van der Waals surface area (Å²) in [6, 6.07) is 6.19. The van der Waals surface area contributed by atoms with E-state index in [1.165, 1.54) is 0 Å². The van der Waals surface area contributed by atoms with Gasteiger partial charge in [-0.3, -0.25) is 0 Å². The molecular weight excluding hydrogens is 406 g/mol. The number of benzene rings is 1. The van der Waals surface area contributed by atoms with Crippen LogP contribution in [0.3, 0.4) is 0 Å². The number of fused-ring (bicyclic) bond motifs is 3. The molecule has 1 N–H and O–H groups in total. The normalized spacial score (nSPS) is 14.5. The van der Waals surface area contributed by atoms with Gasteiger partial charge in [-0.25, -0.2) is 19.9 Å². The van der Waals surface area contributed by atoms with E-state index >= 15 is 0 Å². The molecule has 0 saturated carbocycles. The number of hydrogen-bond acceptors (Lipinski definition) is 8. The minimum absolute atomic E-state index is 0.274. The summed E-state index contributed by atoms with van der Waals surface area (Å²) < 4.78 is 13.3. The fourth-order valence-electron chi connectivity index (χ4n) is 4.30. The molecule has 3 aromatic heterocycles. The quantitative estimate of drug-likeness (QED) is 0.508. The van der Waals surface area contributed by atoms with Gasteiger partial charge in [0.1, 0.15) is 22.9 Å². The third-order valence-electron chi connectivity index (χ3n) is 5.75. The maximum absolute atomic E-state index is 5.63. The number of methoxy groups -OCH3 is 1. The first kappa shape index (κ1) is 20.4. The number of rotatable bonds is 5. The molecule has 0 atom stereocenters. The molecule has 1 fully saturated rings. The number of hydrogen-bond donors (Lipinski definition) is 1. The Morgan fingerprint density at radius 3 is 2.66 bits per heavy atom. The van der Waals surface area contributed by atoms with Crippen LogP contribution in [0.1, 0.15) is 25.7 Å². The highest BCUT2D eigenvalue weighted by atomic mass is 16.5. The number of pyridine rings is 1. The Hall–Kier alpha value is -3.46. The fourth-order valence-corrected chi connectivity index (χ4v) is 4.30. The highest BCUT2D eigenvalue weighted by molar-refractivity contribution is 6.02. The second-order valence-corrected chi connectivity index (χ2v) is 8.15. The molecule has 0 aliphatic carbocycles. The summed E-state index contributed by atoms with van der Waals surface area (Å²) in [6.45, 7) is 9.37. The van der Waals surface area contributed by atoms with Crippen molar-refractivity contribution >= 4 is 39.4 Å². The van der Waals surface area contributed by atoms with Crippen molar-refractivity contribution < 1.29 is 9.47 Å². The van der Waals surface area contributed by atoms with Crippen LogP contribution in [0.2, 0.25) is 0 Å². The zero-order valence-corrected chi connectivity index (χ0v) is 18.8. The highest BCUT2D eigenvalue weighted by Crippen LogP contribution is 2.32. The Balaban J connectivity index is 1.52. The summed E-state index contributed by atoms with van der Waals surface area (Å²) in [6.07, 6.45) is 3.65. The number of morpholine rings is 1. The maximum atomic E-state index is 5.63. The van der Waals surface area contributed by atoms with Crippen molar-refractivity contribution in [2.45, 2.75) is 26.8 Å². The van der Waals surface area contributed by atoms with Crippen LogP contribution < -0.4 is 15.0 Å². The smallest absolute Gasteiger partial charge is 0.228 e. The first-order chi connectivity index (χ1) is 15.5. The molecule has 1 aliphatic heterocycles. The van der Waals surface area contributed by atoms with Gasteiger partial charge >= 0.3 is 0 Å². The molecule has 9 nitrogen and oxygen atoms in total. The molecule has 9 heteroatoms. The van der Waals surface area contributed by atoms with Crippen molar-refractivity contribution in [2.24, 2.45) is 0 Å². The first-order valence-corrected chi connectivity index (χ1v) is 10.8. The second kappa shape index (κ2) is 8.23. The Morgan fingerprint density at radius 1 is 1.09 bits per heavy atom. The van der Waals surface area contributed by atoms with Gasteiger partial charge in [0, 0.05) is 36.8 Å². The van der Waals surface area contributed by atoms with E-state index < -0.39 is 0 Å². The van der Waals surface area contributed by atoms with Crippen LogP contribution in [-0.2, 0) is 4.74 Å². The lowest BCUT2D eigenvalue weighted by Crippen LogP contribution is -2.36. The molecule has 32 heavy (non-hydrogen) atoms. The molecule has 1 saturated heterocycles. The number of aromatic nitrogens is 5. The Bertz CT molecular complexity index is 1280. The lowest BCUT2D eigenvalue weighted by atomic mass is 10.2. The van der Waals surface area contributed by atoms with Gasteiger partial charge < -0.3 is 24.3 Å². The van der Waals surface area contributed by atoms with E-state index in [0.717, 1.165) is 52.3 Å². The largest absolute Gasteiger partial charge is 0.494 e. The van der Waals surface area contributed by atoms with E-state index in [-0.39, 0.29) is 6.04 Å². The van der Waals surface area contributed by atoms with Crippen LogP contribution in [0.25, 0.3) is 21.9 Å². The average Bonchev–Trinajstić information content (AvgIpc) is 3.16. The summed E-state index contributed by atoms with van der Waals surface area (Å²) in [5.41, 5.74) is 3.78. The molecule has 5 rings (SSSR count). The molecule has 1 aliphatic rings. The fraction of sp³-hybridized carbons (Fsp3) is 0.391. The molecule has 4 aromatic rings. The molecule has 0 amide bonds. The molecule has 0 unspecified atom stereocenters. The van der Waals surface area contributed by atoms with Crippen LogP contribution in [-0.4, -0.2) is 57.9 Å². The lowest BCUT2D eigenvalue weighted by molar-refractivity contribution is 0.122. The highest BCUT2D eigenvalue weighted by Gasteiger charge is 2.18. The molecular formula is C23H27N7O2. The van der Waals surface area contributed by atoms with Crippen LogP contribution in [0.4, 0.5) is 17.5 Å². The first-order valence-electron chi connectivity index (χ1n) is 10.8. The minimum Gasteiger partial charge on any atom is -0.494 e. The van der Waals surface area contributed by atoms with E-state index in [1.54, 1.807) is 7.11 Å². The number of imidazole rings is 1. The third-order valence-corrected chi connectivity index (χ3v) is 5.75. The van der Waals surface area contributed by atoms with Gasteiger partial charge in [-0.2, -0.15) is 0 Å². The third kappa shape index (κ3) is 3.58. The molecule has 4 heterocycles. The van der Waals surface area contributed by atoms with Gasteiger partial charge in [-0.05, 0) is 32.9 Å². The lowest BCUT2D eigenvalue weighted by Gasteiger charge is -2.29. The van der Waals surface area contributed by atoms with Crippen LogP contribution in [0.15, 0.2) is 30.6 Å². The van der Waals surface area contributed by atoms with Crippen molar-refractivity contribution in [1.82, 2.24) is 24.5 Å². The van der Waals surface area contributed by atoms with Crippen molar-refractivity contribution in [3.05, 3.63) is 36.4 Å². The molecule has 0 radical (unpaired) electrons. The van der Waals surface area contributed by atoms with E-state index in [9.17, 15) is 0 Å². The zero-order valence-electron chi connectivity index (χ0n) is 18.8. The van der Waals surface area contributed by atoms with E-state index in [4.69, 9.17) is 19.4 Å². The Labute approximate surface area is 186 Å². The minimum atomic E-state index is 0.274. The predicted molar refractivity (Wildman–Crippen MR) is 125 cm³/mol. The SMILES string of the molecule is COc1cc(Nc2ncc3ccc4nc(C)n(C(C)C)c4c3n2)ncc1N1CCOCC1. The molecule has 0 spiro atoms. The molecule has 1 aromatic carbocycles. The number of nitrogens with zero attached hydrogens (tertiary/aromatic N) is 6. The van der Waals surface area contributed by atoms with Gasteiger partial charge in [0.05, 0.1) is 43.2 Å². The predicted octanol–water partition coefficient (Wildman–Crippen LogP) is 3.85.